The molecule has 1 N–H and O–H groups in total. The number of methoxy groups -OCH3 is 1. The second kappa shape index (κ2) is 5.94. The average molecular weight is 235 g/mol. The number of aliphatic carboxylic acids is 1. The molecule has 0 amide bonds. The van der Waals surface area contributed by atoms with E-state index < -0.39 is 5.97 Å². The van der Waals surface area contributed by atoms with Crippen molar-refractivity contribution >= 4 is 11.7 Å². The smallest absolute Gasteiger partial charge is 0.328 e. The largest absolute Gasteiger partial charge is 0.495 e. The van der Waals surface area contributed by atoms with Gasteiger partial charge in [0.25, 0.3) is 0 Å². The Hall–Kier alpha value is -1.97. The molecule has 0 fully saturated rings. The second-order valence-electron chi connectivity index (χ2n) is 3.80. The first-order valence-electron chi connectivity index (χ1n) is 5.30. The minimum absolute atomic E-state index is 0.520. The Morgan fingerprint density at radius 1 is 1.53 bits per heavy atom. The maximum absolute atomic E-state index is 10.4. The van der Waals surface area contributed by atoms with Gasteiger partial charge in [0.15, 0.2) is 0 Å². The quantitative estimate of drug-likeness (QED) is 0.794. The minimum Gasteiger partial charge on any atom is -0.495 e. The van der Waals surface area contributed by atoms with Crippen molar-refractivity contribution in [3.63, 3.8) is 0 Å². The van der Waals surface area contributed by atoms with E-state index in [0.717, 1.165) is 23.1 Å². The molecular weight excluding hydrogens is 218 g/mol. The summed E-state index contributed by atoms with van der Waals surface area (Å²) in [5.41, 5.74) is 2.08. The van der Waals surface area contributed by atoms with Crippen LogP contribution in [0.15, 0.2) is 30.4 Å². The van der Waals surface area contributed by atoms with Gasteiger partial charge in [0.2, 0.25) is 0 Å². The molecule has 17 heavy (non-hydrogen) atoms. The van der Waals surface area contributed by atoms with E-state index in [1.54, 1.807) is 13.2 Å². The molecule has 0 aromatic heterocycles. The lowest BCUT2D eigenvalue weighted by Crippen LogP contribution is -2.18. The van der Waals surface area contributed by atoms with Crippen molar-refractivity contribution in [3.05, 3.63) is 35.9 Å². The zero-order valence-electron chi connectivity index (χ0n) is 10.3. The molecule has 0 radical (unpaired) electrons. The molecule has 1 rings (SSSR count). The Kier molecular flexibility index (Phi) is 4.57. The lowest BCUT2D eigenvalue weighted by atomic mass is 10.2. The van der Waals surface area contributed by atoms with Crippen molar-refractivity contribution in [1.29, 1.82) is 0 Å². The minimum atomic E-state index is -0.936. The van der Waals surface area contributed by atoms with E-state index in [1.807, 2.05) is 37.1 Å². The van der Waals surface area contributed by atoms with Crippen LogP contribution in [0.3, 0.4) is 0 Å². The van der Waals surface area contributed by atoms with Crippen LogP contribution in [0.1, 0.15) is 5.56 Å². The second-order valence-corrected chi connectivity index (χ2v) is 3.80. The molecule has 0 aliphatic rings. The standard InChI is InChI=1S/C13H17NO3/c1-10-6-7-12(17-3)11(9-10)14(2)8-4-5-13(15)16/h4-7,9H,8H2,1-3H3,(H,15,16)/b5-4+. The highest BCUT2D eigenvalue weighted by Gasteiger charge is 2.06. The van der Waals surface area contributed by atoms with E-state index in [4.69, 9.17) is 9.84 Å². The number of anilines is 1. The topological polar surface area (TPSA) is 49.8 Å². The first kappa shape index (κ1) is 13.1. The first-order valence-corrected chi connectivity index (χ1v) is 5.30. The van der Waals surface area contributed by atoms with Crippen LogP contribution in [0.5, 0.6) is 5.75 Å². The Bertz CT molecular complexity index is 427. The van der Waals surface area contributed by atoms with Gasteiger partial charge >= 0.3 is 5.97 Å². The highest BCUT2D eigenvalue weighted by molar-refractivity contribution is 5.79. The number of likely N-dealkylation sites (N-methyl/N-ethyl adjacent to an activating group) is 1. The third-order valence-electron chi connectivity index (χ3n) is 2.39. The molecule has 0 saturated carbocycles. The predicted octanol–water partition coefficient (Wildman–Crippen LogP) is 2.08. The Morgan fingerprint density at radius 3 is 2.82 bits per heavy atom. The third-order valence-corrected chi connectivity index (χ3v) is 2.39. The highest BCUT2D eigenvalue weighted by atomic mass is 16.5. The fraction of sp³-hybridized carbons (Fsp3) is 0.308. The number of aryl methyl sites for hydroxylation is 1. The van der Waals surface area contributed by atoms with Crippen LogP contribution in [0.2, 0.25) is 0 Å². The third kappa shape index (κ3) is 3.83. The average Bonchev–Trinajstić information content (AvgIpc) is 2.28. The predicted molar refractivity (Wildman–Crippen MR) is 67.8 cm³/mol. The monoisotopic (exact) mass is 235 g/mol. The van der Waals surface area contributed by atoms with Gasteiger partial charge in [-0.1, -0.05) is 12.1 Å². The fourth-order valence-electron chi connectivity index (χ4n) is 1.51. The van der Waals surface area contributed by atoms with Gasteiger partial charge in [0, 0.05) is 19.7 Å². The SMILES string of the molecule is COc1ccc(C)cc1N(C)C/C=C/C(=O)O. The van der Waals surface area contributed by atoms with Crippen LogP contribution < -0.4 is 9.64 Å². The summed E-state index contributed by atoms with van der Waals surface area (Å²) in [4.78, 5) is 12.3. The van der Waals surface area contributed by atoms with Crippen molar-refractivity contribution in [2.75, 3.05) is 25.6 Å². The van der Waals surface area contributed by atoms with Gasteiger partial charge in [-0.25, -0.2) is 4.79 Å². The number of carbonyl (C=O) groups is 1. The van der Waals surface area contributed by atoms with E-state index in [-0.39, 0.29) is 0 Å². The van der Waals surface area contributed by atoms with Gasteiger partial charge in [-0.3, -0.25) is 0 Å². The molecule has 0 aliphatic heterocycles. The Balaban J connectivity index is 2.83. The van der Waals surface area contributed by atoms with Gasteiger partial charge in [-0.2, -0.15) is 0 Å². The molecule has 0 aliphatic carbocycles. The van der Waals surface area contributed by atoms with Crippen LogP contribution in [0, 0.1) is 6.92 Å². The van der Waals surface area contributed by atoms with Crippen molar-refractivity contribution in [2.45, 2.75) is 6.92 Å². The molecule has 1 aromatic carbocycles. The lowest BCUT2D eigenvalue weighted by Gasteiger charge is -2.20. The van der Waals surface area contributed by atoms with Crippen LogP contribution in [-0.2, 0) is 4.79 Å². The number of hydrogen-bond donors (Lipinski definition) is 1. The number of nitrogens with zero attached hydrogens (tertiary/aromatic N) is 1. The normalized spacial score (nSPS) is 10.5. The number of hydrogen-bond acceptors (Lipinski definition) is 3. The first-order chi connectivity index (χ1) is 8.04. The van der Waals surface area contributed by atoms with Crippen molar-refractivity contribution in [1.82, 2.24) is 0 Å². The number of carboxylic acid groups (broad SMARTS) is 1. The summed E-state index contributed by atoms with van der Waals surface area (Å²) in [6, 6.07) is 5.89. The molecule has 0 unspecified atom stereocenters. The number of benzene rings is 1. The molecule has 0 heterocycles. The van der Waals surface area contributed by atoms with Gasteiger partial charge in [-0.15, -0.1) is 0 Å². The summed E-state index contributed by atoms with van der Waals surface area (Å²) in [6.45, 7) is 2.52. The zero-order chi connectivity index (χ0) is 12.8. The lowest BCUT2D eigenvalue weighted by molar-refractivity contribution is -0.131. The number of carboxylic acids is 1. The van der Waals surface area contributed by atoms with Gasteiger partial charge in [-0.05, 0) is 24.6 Å². The maximum Gasteiger partial charge on any atom is 0.328 e. The summed E-state index contributed by atoms with van der Waals surface area (Å²) in [5.74, 6) is -0.156. The molecule has 92 valence electrons. The van der Waals surface area contributed by atoms with E-state index in [1.165, 1.54) is 0 Å². The molecule has 0 spiro atoms. The fourth-order valence-corrected chi connectivity index (χ4v) is 1.51. The van der Waals surface area contributed by atoms with Gasteiger partial charge in [0.05, 0.1) is 12.8 Å². The molecule has 0 saturated heterocycles. The number of rotatable bonds is 5. The van der Waals surface area contributed by atoms with Crippen molar-refractivity contribution in [3.8, 4) is 5.75 Å². The van der Waals surface area contributed by atoms with Gasteiger partial charge in [0.1, 0.15) is 5.75 Å². The Morgan fingerprint density at radius 2 is 2.24 bits per heavy atom. The molecule has 4 nitrogen and oxygen atoms in total. The number of ether oxygens (including phenoxy) is 1. The van der Waals surface area contributed by atoms with Crippen LogP contribution in [0.25, 0.3) is 0 Å². The van der Waals surface area contributed by atoms with E-state index in [9.17, 15) is 4.79 Å². The molecular formula is C13H17NO3. The summed E-state index contributed by atoms with van der Waals surface area (Å²) in [5, 5.41) is 8.51. The van der Waals surface area contributed by atoms with Gasteiger partial charge < -0.3 is 14.7 Å². The maximum atomic E-state index is 10.4. The summed E-state index contributed by atoms with van der Waals surface area (Å²) < 4.78 is 5.27. The van der Waals surface area contributed by atoms with Crippen LogP contribution in [-0.4, -0.2) is 31.8 Å². The van der Waals surface area contributed by atoms with E-state index >= 15 is 0 Å². The van der Waals surface area contributed by atoms with E-state index in [0.29, 0.717) is 6.54 Å². The molecule has 4 heteroatoms. The summed E-state index contributed by atoms with van der Waals surface area (Å²) in [7, 11) is 3.51. The van der Waals surface area contributed by atoms with Crippen LogP contribution >= 0.6 is 0 Å². The van der Waals surface area contributed by atoms with Crippen molar-refractivity contribution in [2.24, 2.45) is 0 Å². The molecule has 0 atom stereocenters. The van der Waals surface area contributed by atoms with Crippen LogP contribution in [0.4, 0.5) is 5.69 Å². The summed E-state index contributed by atoms with van der Waals surface area (Å²) in [6.07, 6.45) is 2.74. The van der Waals surface area contributed by atoms with Crippen molar-refractivity contribution < 1.29 is 14.6 Å². The highest BCUT2D eigenvalue weighted by Crippen LogP contribution is 2.28. The summed E-state index contributed by atoms with van der Waals surface area (Å²) >= 11 is 0. The Labute approximate surface area is 101 Å². The zero-order valence-corrected chi connectivity index (χ0v) is 10.3. The van der Waals surface area contributed by atoms with E-state index in [2.05, 4.69) is 0 Å². The molecule has 1 aromatic rings. The molecule has 0 bridgehead atoms.